The number of halogens is 2. The van der Waals surface area contributed by atoms with Gasteiger partial charge in [0.05, 0.1) is 17.1 Å². The van der Waals surface area contributed by atoms with Crippen molar-refractivity contribution in [3.63, 3.8) is 0 Å². The molecule has 0 aromatic heterocycles. The molecule has 0 amide bonds. The molecule has 172 valence electrons. The average molecular weight is 483 g/mol. The first-order valence-corrected chi connectivity index (χ1v) is 10.2. The molecule has 4 rings (SSSR count). The van der Waals surface area contributed by atoms with E-state index in [0.717, 1.165) is 0 Å². The third kappa shape index (κ3) is 5.05. The molecule has 34 heavy (non-hydrogen) atoms. The zero-order chi connectivity index (χ0) is 24.2. The third-order valence-electron chi connectivity index (χ3n) is 4.80. The minimum atomic E-state index is -0.659. The lowest BCUT2D eigenvalue weighted by atomic mass is 10.1. The van der Waals surface area contributed by atoms with E-state index in [1.807, 2.05) is 0 Å². The predicted molar refractivity (Wildman–Crippen MR) is 122 cm³/mol. The molecule has 1 aliphatic rings. The normalized spacial score (nSPS) is 14.0. The Balaban J connectivity index is 1.55. The van der Waals surface area contributed by atoms with Gasteiger partial charge >= 0.3 is 5.97 Å². The van der Waals surface area contributed by atoms with E-state index in [-0.39, 0.29) is 34.7 Å². The number of nitro benzene ring substituents is 1. The molecule has 3 aromatic rings. The highest BCUT2D eigenvalue weighted by Gasteiger charge is 2.24. The van der Waals surface area contributed by atoms with Crippen molar-refractivity contribution < 1.29 is 28.3 Å². The summed E-state index contributed by atoms with van der Waals surface area (Å²) in [5, 5.41) is 11.0. The van der Waals surface area contributed by atoms with Crippen molar-refractivity contribution in [3.05, 3.63) is 104 Å². The molecular formula is C24H16ClFN2O6. The van der Waals surface area contributed by atoms with Crippen LogP contribution in [0.4, 0.5) is 10.1 Å². The number of benzene rings is 3. The molecule has 0 saturated carbocycles. The number of hydrogen-bond acceptors (Lipinski definition) is 7. The number of rotatable bonds is 7. The van der Waals surface area contributed by atoms with Crippen LogP contribution >= 0.6 is 11.6 Å². The summed E-state index contributed by atoms with van der Waals surface area (Å²) in [6.07, 6.45) is 1.48. The fourth-order valence-electron chi connectivity index (χ4n) is 3.12. The number of methoxy groups -OCH3 is 1. The number of ether oxygens (including phenoxy) is 3. The van der Waals surface area contributed by atoms with Crippen LogP contribution in [0.15, 0.2) is 71.4 Å². The minimum absolute atomic E-state index is 0.0209. The first kappa shape index (κ1) is 22.9. The van der Waals surface area contributed by atoms with Crippen molar-refractivity contribution in [2.45, 2.75) is 6.61 Å². The van der Waals surface area contributed by atoms with Gasteiger partial charge in [0.15, 0.2) is 17.2 Å². The second-order valence-corrected chi connectivity index (χ2v) is 7.50. The number of non-ortho nitro benzene ring substituents is 1. The quantitative estimate of drug-likeness (QED) is 0.195. The number of esters is 1. The maximum atomic E-state index is 13.1. The van der Waals surface area contributed by atoms with Crippen molar-refractivity contribution >= 4 is 35.2 Å². The summed E-state index contributed by atoms with van der Waals surface area (Å²) in [4.78, 5) is 26.7. The van der Waals surface area contributed by atoms with Gasteiger partial charge in [0.1, 0.15) is 12.4 Å². The van der Waals surface area contributed by atoms with Crippen LogP contribution in [0.1, 0.15) is 16.7 Å². The number of nitro groups is 1. The Kier molecular flexibility index (Phi) is 6.55. The Hall–Kier alpha value is -4.24. The highest BCUT2D eigenvalue weighted by Crippen LogP contribution is 2.38. The lowest BCUT2D eigenvalue weighted by Crippen LogP contribution is -2.05. The van der Waals surface area contributed by atoms with E-state index in [1.165, 1.54) is 49.6 Å². The summed E-state index contributed by atoms with van der Waals surface area (Å²) in [6, 6.07) is 14.5. The third-order valence-corrected chi connectivity index (χ3v) is 5.08. The SMILES string of the molecule is COc1cc(/C=C2\N=C(c3ccc(F)cc3)OC2=O)cc(Cl)c1OCc1ccc([N+](=O)[O-])cc1. The van der Waals surface area contributed by atoms with Crippen LogP contribution in [0.25, 0.3) is 6.08 Å². The molecular weight excluding hydrogens is 467 g/mol. The van der Waals surface area contributed by atoms with E-state index >= 15 is 0 Å². The second-order valence-electron chi connectivity index (χ2n) is 7.09. The van der Waals surface area contributed by atoms with Crippen molar-refractivity contribution in [1.82, 2.24) is 0 Å². The molecule has 8 nitrogen and oxygen atoms in total. The second kappa shape index (κ2) is 9.72. The van der Waals surface area contributed by atoms with Crippen molar-refractivity contribution in [2.24, 2.45) is 4.99 Å². The number of aliphatic imine (C=N–C) groups is 1. The van der Waals surface area contributed by atoms with Crippen LogP contribution in [-0.4, -0.2) is 23.9 Å². The van der Waals surface area contributed by atoms with Gasteiger partial charge in [-0.05, 0) is 65.7 Å². The Bertz CT molecular complexity index is 1320. The van der Waals surface area contributed by atoms with Crippen molar-refractivity contribution in [3.8, 4) is 11.5 Å². The van der Waals surface area contributed by atoms with Gasteiger partial charge in [0.2, 0.25) is 5.90 Å². The first-order valence-electron chi connectivity index (χ1n) is 9.86. The van der Waals surface area contributed by atoms with Gasteiger partial charge in [-0.2, -0.15) is 0 Å². The van der Waals surface area contributed by atoms with Crippen LogP contribution in [0, 0.1) is 15.9 Å². The maximum absolute atomic E-state index is 13.1. The monoisotopic (exact) mass is 482 g/mol. The summed E-state index contributed by atoms with van der Waals surface area (Å²) in [7, 11) is 1.44. The van der Waals surface area contributed by atoms with E-state index in [0.29, 0.717) is 22.4 Å². The van der Waals surface area contributed by atoms with E-state index in [1.54, 1.807) is 24.3 Å². The lowest BCUT2D eigenvalue weighted by molar-refractivity contribution is -0.384. The molecule has 0 bridgehead atoms. The van der Waals surface area contributed by atoms with E-state index in [9.17, 15) is 19.3 Å². The summed E-state index contributed by atoms with van der Waals surface area (Å²) in [5.41, 5.74) is 1.69. The topological polar surface area (TPSA) is 100 Å². The van der Waals surface area contributed by atoms with Gasteiger partial charge in [0.25, 0.3) is 5.69 Å². The Labute approximate surface area is 198 Å². The lowest BCUT2D eigenvalue weighted by Gasteiger charge is -2.13. The fourth-order valence-corrected chi connectivity index (χ4v) is 3.39. The molecule has 0 saturated heterocycles. The highest BCUT2D eigenvalue weighted by molar-refractivity contribution is 6.32. The molecule has 1 aliphatic heterocycles. The Morgan fingerprint density at radius 2 is 1.85 bits per heavy atom. The minimum Gasteiger partial charge on any atom is -0.493 e. The fraction of sp³-hybridized carbons (Fsp3) is 0.0833. The Morgan fingerprint density at radius 3 is 2.50 bits per heavy atom. The van der Waals surface area contributed by atoms with Gasteiger partial charge in [-0.1, -0.05) is 11.6 Å². The molecule has 0 atom stereocenters. The molecule has 10 heteroatoms. The Morgan fingerprint density at radius 1 is 1.15 bits per heavy atom. The number of nitrogens with zero attached hydrogens (tertiary/aromatic N) is 2. The zero-order valence-corrected chi connectivity index (χ0v) is 18.4. The van der Waals surface area contributed by atoms with Crippen LogP contribution in [0.3, 0.4) is 0 Å². The maximum Gasteiger partial charge on any atom is 0.363 e. The largest absolute Gasteiger partial charge is 0.493 e. The summed E-state index contributed by atoms with van der Waals surface area (Å²) >= 11 is 6.40. The number of hydrogen-bond donors (Lipinski definition) is 0. The number of cyclic esters (lactones) is 1. The van der Waals surface area contributed by atoms with Gasteiger partial charge in [-0.3, -0.25) is 10.1 Å². The molecule has 0 N–H and O–H groups in total. The summed E-state index contributed by atoms with van der Waals surface area (Å²) < 4.78 is 29.5. The van der Waals surface area contributed by atoms with Crippen LogP contribution in [0.5, 0.6) is 11.5 Å². The predicted octanol–water partition coefficient (Wildman–Crippen LogP) is 5.32. The molecule has 1 heterocycles. The van der Waals surface area contributed by atoms with Crippen LogP contribution < -0.4 is 9.47 Å². The molecule has 0 aliphatic carbocycles. The van der Waals surface area contributed by atoms with Crippen molar-refractivity contribution in [1.29, 1.82) is 0 Å². The first-order chi connectivity index (χ1) is 16.3. The average Bonchev–Trinajstić information content (AvgIpc) is 3.18. The van der Waals surface area contributed by atoms with Crippen LogP contribution in [-0.2, 0) is 16.1 Å². The number of carbonyl (C=O) groups is 1. The van der Waals surface area contributed by atoms with Gasteiger partial charge in [-0.15, -0.1) is 0 Å². The van der Waals surface area contributed by atoms with E-state index in [4.69, 9.17) is 25.8 Å². The van der Waals surface area contributed by atoms with E-state index < -0.39 is 16.7 Å². The molecule has 0 fully saturated rings. The number of carbonyl (C=O) groups excluding carboxylic acids is 1. The smallest absolute Gasteiger partial charge is 0.363 e. The van der Waals surface area contributed by atoms with Gasteiger partial charge < -0.3 is 14.2 Å². The van der Waals surface area contributed by atoms with Crippen molar-refractivity contribution in [2.75, 3.05) is 7.11 Å². The summed E-state index contributed by atoms with van der Waals surface area (Å²) in [6.45, 7) is 0.103. The molecule has 0 spiro atoms. The van der Waals surface area contributed by atoms with Gasteiger partial charge in [0, 0.05) is 17.7 Å². The highest BCUT2D eigenvalue weighted by atomic mass is 35.5. The molecule has 0 unspecified atom stereocenters. The summed E-state index contributed by atoms with van der Waals surface area (Å²) in [5.74, 6) is -0.420. The van der Waals surface area contributed by atoms with Gasteiger partial charge in [-0.25, -0.2) is 14.2 Å². The zero-order valence-electron chi connectivity index (χ0n) is 17.7. The van der Waals surface area contributed by atoms with Crippen LogP contribution in [0.2, 0.25) is 5.02 Å². The molecule has 0 radical (unpaired) electrons. The molecule has 3 aromatic carbocycles. The van der Waals surface area contributed by atoms with E-state index in [2.05, 4.69) is 4.99 Å². The standard InChI is InChI=1S/C24H16ClFN2O6/c1-32-21-12-15(11-20-24(29)34-23(27-20)16-4-6-17(26)7-5-16)10-19(25)22(21)33-13-14-2-8-18(9-3-14)28(30)31/h2-12H,13H2,1H3/b20-11-.